The second-order valence-electron chi connectivity index (χ2n) is 10.2. The van der Waals surface area contributed by atoms with Crippen molar-refractivity contribution in [1.29, 1.82) is 0 Å². The molecule has 2 N–H and O–H groups in total. The minimum absolute atomic E-state index is 0.231. The monoisotopic (exact) mass is 467 g/mol. The number of rotatable bonds is 8. The summed E-state index contributed by atoms with van der Waals surface area (Å²) in [6.45, 7) is 5.06. The number of anilines is 3. The Labute approximate surface area is 202 Å². The Morgan fingerprint density at radius 1 is 1.09 bits per heavy atom. The predicted molar refractivity (Wildman–Crippen MR) is 133 cm³/mol. The summed E-state index contributed by atoms with van der Waals surface area (Å²) in [7, 11) is 3.89. The van der Waals surface area contributed by atoms with Gasteiger partial charge in [0.25, 0.3) is 0 Å². The Kier molecular flexibility index (Phi) is 7.06. The van der Waals surface area contributed by atoms with Gasteiger partial charge in [-0.2, -0.15) is 4.98 Å². The number of hydrogen-bond acceptors (Lipinski definition) is 8. The summed E-state index contributed by atoms with van der Waals surface area (Å²) in [5, 5.41) is 6.77. The maximum Gasteiger partial charge on any atom is 0.229 e. The first kappa shape index (κ1) is 23.2. The molecule has 0 bridgehead atoms. The molecule has 8 nitrogen and oxygen atoms in total. The molecule has 0 amide bonds. The third kappa shape index (κ3) is 5.55. The number of benzene rings is 1. The van der Waals surface area contributed by atoms with Crippen molar-refractivity contribution in [2.24, 2.45) is 11.3 Å². The quantitative estimate of drug-likeness (QED) is 0.594. The average Bonchev–Trinajstić information content (AvgIpc) is 2.84. The number of aromatic nitrogens is 2. The summed E-state index contributed by atoms with van der Waals surface area (Å²) in [5.74, 6) is 3.53. The Balaban J connectivity index is 1.19. The molecule has 0 radical (unpaired) electrons. The first-order chi connectivity index (χ1) is 16.6. The number of nitrogens with one attached hydrogen (secondary N) is 2. The van der Waals surface area contributed by atoms with Crippen LogP contribution in [0.15, 0.2) is 30.5 Å². The molecular formula is C26H37N5O3. The highest BCUT2D eigenvalue weighted by Crippen LogP contribution is 2.44. The predicted octanol–water partition coefficient (Wildman–Crippen LogP) is 4.32. The van der Waals surface area contributed by atoms with Gasteiger partial charge < -0.3 is 29.7 Å². The Hall–Kier alpha value is -2.58. The Bertz CT molecular complexity index is 949. The summed E-state index contributed by atoms with van der Waals surface area (Å²) in [6.07, 6.45) is 8.87. The molecule has 8 heteroatoms. The lowest BCUT2D eigenvalue weighted by Crippen LogP contribution is -2.56. The minimum Gasteiger partial charge on any atom is -0.493 e. The van der Waals surface area contributed by atoms with Gasteiger partial charge in [-0.25, -0.2) is 4.98 Å². The highest BCUT2D eigenvalue weighted by molar-refractivity contribution is 5.60. The number of nitrogens with zero attached hydrogens (tertiary/aromatic N) is 3. The van der Waals surface area contributed by atoms with Crippen molar-refractivity contribution in [3.8, 4) is 11.5 Å². The molecule has 5 rings (SSSR count). The lowest BCUT2D eigenvalue weighted by Gasteiger charge is -2.52. The first-order valence-electron chi connectivity index (χ1n) is 12.6. The molecule has 34 heavy (non-hydrogen) atoms. The van der Waals surface area contributed by atoms with E-state index in [0.717, 1.165) is 68.4 Å². The highest BCUT2D eigenvalue weighted by Gasteiger charge is 2.43. The van der Waals surface area contributed by atoms with Gasteiger partial charge in [-0.3, -0.25) is 0 Å². The smallest absolute Gasteiger partial charge is 0.229 e. The van der Waals surface area contributed by atoms with Crippen LogP contribution in [0.5, 0.6) is 11.5 Å². The van der Waals surface area contributed by atoms with Gasteiger partial charge in [-0.1, -0.05) is 0 Å². The maximum atomic E-state index is 6.43. The van der Waals surface area contributed by atoms with Crippen LogP contribution in [0.4, 0.5) is 17.5 Å². The molecule has 184 valence electrons. The van der Waals surface area contributed by atoms with E-state index in [1.54, 1.807) is 13.3 Å². The fraction of sp³-hybridized carbons (Fsp3) is 0.615. The molecule has 1 spiro atoms. The molecule has 1 aromatic heterocycles. The molecule has 3 aliphatic rings. The average molecular weight is 468 g/mol. The van der Waals surface area contributed by atoms with Crippen LogP contribution in [0.25, 0.3) is 0 Å². The third-order valence-corrected chi connectivity index (χ3v) is 7.49. The zero-order chi connectivity index (χ0) is 23.4. The van der Waals surface area contributed by atoms with Gasteiger partial charge in [-0.15, -0.1) is 0 Å². The van der Waals surface area contributed by atoms with E-state index in [1.807, 2.05) is 24.3 Å². The Morgan fingerprint density at radius 3 is 2.62 bits per heavy atom. The van der Waals surface area contributed by atoms with Crippen LogP contribution in [0.2, 0.25) is 0 Å². The van der Waals surface area contributed by atoms with Crippen LogP contribution in [0, 0.1) is 11.3 Å². The van der Waals surface area contributed by atoms with Crippen LogP contribution in [0.3, 0.4) is 0 Å². The Morgan fingerprint density at radius 2 is 1.88 bits per heavy atom. The van der Waals surface area contributed by atoms with Crippen molar-refractivity contribution in [3.05, 3.63) is 30.5 Å². The lowest BCUT2D eigenvalue weighted by atomic mass is 9.68. The lowest BCUT2D eigenvalue weighted by molar-refractivity contribution is -0.0352. The van der Waals surface area contributed by atoms with E-state index in [4.69, 9.17) is 14.2 Å². The summed E-state index contributed by atoms with van der Waals surface area (Å²) >= 11 is 0. The second-order valence-corrected chi connectivity index (χ2v) is 10.2. The van der Waals surface area contributed by atoms with Gasteiger partial charge in [0.1, 0.15) is 5.82 Å². The van der Waals surface area contributed by atoms with Crippen LogP contribution < -0.4 is 20.1 Å². The number of likely N-dealkylation sites (tertiary alicyclic amines) is 1. The summed E-state index contributed by atoms with van der Waals surface area (Å²) in [6, 6.07) is 7.81. The molecule has 0 atom stereocenters. The van der Waals surface area contributed by atoms with Crippen molar-refractivity contribution >= 4 is 17.5 Å². The van der Waals surface area contributed by atoms with Crippen LogP contribution >= 0.6 is 0 Å². The van der Waals surface area contributed by atoms with Crippen molar-refractivity contribution < 1.29 is 14.2 Å². The molecule has 1 saturated carbocycles. The zero-order valence-electron chi connectivity index (χ0n) is 20.4. The first-order valence-corrected chi connectivity index (χ1v) is 12.6. The van der Waals surface area contributed by atoms with E-state index in [2.05, 4.69) is 32.5 Å². The molecule has 1 aliphatic carbocycles. The van der Waals surface area contributed by atoms with E-state index in [-0.39, 0.29) is 6.10 Å². The summed E-state index contributed by atoms with van der Waals surface area (Å²) < 4.78 is 17.5. The summed E-state index contributed by atoms with van der Waals surface area (Å²) in [4.78, 5) is 11.4. The van der Waals surface area contributed by atoms with Gasteiger partial charge in [0.2, 0.25) is 5.95 Å². The fourth-order valence-corrected chi connectivity index (χ4v) is 5.61. The maximum absolute atomic E-state index is 6.43. The molecule has 0 unspecified atom stereocenters. The molecule has 2 aliphatic heterocycles. The molecule has 3 fully saturated rings. The van der Waals surface area contributed by atoms with Gasteiger partial charge in [0.05, 0.1) is 13.2 Å². The largest absolute Gasteiger partial charge is 0.493 e. The highest BCUT2D eigenvalue weighted by atomic mass is 16.5. The number of hydrogen-bond donors (Lipinski definition) is 2. The molecular weight excluding hydrogens is 430 g/mol. The van der Waals surface area contributed by atoms with Crippen LogP contribution in [0.1, 0.15) is 38.5 Å². The molecule has 2 aromatic rings. The van der Waals surface area contributed by atoms with E-state index < -0.39 is 0 Å². The van der Waals surface area contributed by atoms with E-state index >= 15 is 0 Å². The number of methoxy groups -OCH3 is 1. The topological polar surface area (TPSA) is 80.8 Å². The summed E-state index contributed by atoms with van der Waals surface area (Å²) in [5.41, 5.74) is 1.41. The van der Waals surface area contributed by atoms with Crippen LogP contribution in [-0.2, 0) is 4.74 Å². The fourth-order valence-electron chi connectivity index (χ4n) is 5.61. The number of ether oxygens (including phenoxy) is 3. The SMILES string of the molecule is COc1ccc(Nc2nccc(NCC3CCOCC3)n2)cc1OC1CCC2(CC1)CN(C)C2. The normalized spacial score (nSPS) is 21.1. The van der Waals surface area contributed by atoms with Crippen molar-refractivity contribution in [2.75, 3.05) is 57.6 Å². The molecule has 2 saturated heterocycles. The van der Waals surface area contributed by atoms with Gasteiger partial charge in [0, 0.05) is 50.8 Å². The van der Waals surface area contributed by atoms with Crippen molar-refractivity contribution in [2.45, 2.75) is 44.6 Å². The van der Waals surface area contributed by atoms with Crippen molar-refractivity contribution in [3.63, 3.8) is 0 Å². The van der Waals surface area contributed by atoms with Crippen molar-refractivity contribution in [1.82, 2.24) is 14.9 Å². The van der Waals surface area contributed by atoms with Crippen LogP contribution in [-0.4, -0.2) is 68.0 Å². The third-order valence-electron chi connectivity index (χ3n) is 7.49. The minimum atomic E-state index is 0.231. The van der Waals surface area contributed by atoms with Gasteiger partial charge >= 0.3 is 0 Å². The zero-order valence-corrected chi connectivity index (χ0v) is 20.4. The molecule has 3 heterocycles. The van der Waals surface area contributed by atoms with E-state index in [9.17, 15) is 0 Å². The second kappa shape index (κ2) is 10.4. The van der Waals surface area contributed by atoms with E-state index in [0.29, 0.717) is 17.3 Å². The van der Waals surface area contributed by atoms with E-state index in [1.165, 1.54) is 25.9 Å². The standard InChI is InChI=1S/C26H37N5O3/c1-31-17-26(18-31)10-5-21(6-11-26)34-23-15-20(3-4-22(23)32-2)29-25-27-12-7-24(30-25)28-16-19-8-13-33-14-9-19/h3-4,7,12,15,19,21H,5-6,8-11,13-14,16-18H2,1-2H3,(H2,27,28,29,30). The van der Waals surface area contributed by atoms with Gasteiger partial charge in [-0.05, 0) is 75.1 Å². The molecule has 1 aromatic carbocycles. The van der Waals surface area contributed by atoms with Gasteiger partial charge in [0.15, 0.2) is 11.5 Å².